The van der Waals surface area contributed by atoms with Crippen molar-refractivity contribution in [3.05, 3.63) is 35.4 Å². The summed E-state index contributed by atoms with van der Waals surface area (Å²) in [6.07, 6.45) is 4.03. The number of benzene rings is 1. The summed E-state index contributed by atoms with van der Waals surface area (Å²) >= 11 is 0. The second kappa shape index (κ2) is 8.52. The SMILES string of the molecule is O=C(CC1(C(=O)O)CCC1)NCc1cccc(C(=O)NCC2CCCO2)c1. The Bertz CT molecular complexity index is 708. The average molecular weight is 374 g/mol. The summed E-state index contributed by atoms with van der Waals surface area (Å²) in [4.78, 5) is 35.8. The minimum absolute atomic E-state index is 0.00387. The van der Waals surface area contributed by atoms with Gasteiger partial charge in [0.15, 0.2) is 0 Å². The normalized spacial score (nSPS) is 20.5. The lowest BCUT2D eigenvalue weighted by molar-refractivity contribution is -0.157. The van der Waals surface area contributed by atoms with Crippen LogP contribution in [0.5, 0.6) is 0 Å². The quantitative estimate of drug-likeness (QED) is 0.644. The van der Waals surface area contributed by atoms with Gasteiger partial charge in [0, 0.05) is 31.7 Å². The Morgan fingerprint density at radius 3 is 2.63 bits per heavy atom. The Kier molecular flexibility index (Phi) is 6.11. The van der Waals surface area contributed by atoms with E-state index in [0.29, 0.717) is 24.9 Å². The first-order valence-corrected chi connectivity index (χ1v) is 9.47. The van der Waals surface area contributed by atoms with Crippen LogP contribution in [0, 0.1) is 5.41 Å². The number of aliphatic carboxylic acids is 1. The Balaban J connectivity index is 1.49. The number of carbonyl (C=O) groups is 3. The molecule has 2 amide bonds. The van der Waals surface area contributed by atoms with E-state index in [2.05, 4.69) is 10.6 Å². The van der Waals surface area contributed by atoms with Gasteiger partial charge in [-0.1, -0.05) is 18.6 Å². The molecule has 146 valence electrons. The van der Waals surface area contributed by atoms with Crippen LogP contribution < -0.4 is 10.6 Å². The summed E-state index contributed by atoms with van der Waals surface area (Å²) < 4.78 is 5.49. The molecular formula is C20H26N2O5. The molecule has 2 aliphatic rings. The van der Waals surface area contributed by atoms with Gasteiger partial charge in [-0.3, -0.25) is 14.4 Å². The maximum Gasteiger partial charge on any atom is 0.310 e. The summed E-state index contributed by atoms with van der Waals surface area (Å²) in [5.74, 6) is -1.34. The number of amides is 2. The molecule has 0 bridgehead atoms. The van der Waals surface area contributed by atoms with Crippen molar-refractivity contribution >= 4 is 17.8 Å². The first-order chi connectivity index (χ1) is 13.0. The number of carboxylic acid groups (broad SMARTS) is 1. The number of carbonyl (C=O) groups excluding carboxylic acids is 2. The fourth-order valence-electron chi connectivity index (χ4n) is 3.58. The second-order valence-electron chi connectivity index (χ2n) is 7.44. The van der Waals surface area contributed by atoms with Crippen molar-refractivity contribution in [1.29, 1.82) is 0 Å². The van der Waals surface area contributed by atoms with Gasteiger partial charge >= 0.3 is 5.97 Å². The van der Waals surface area contributed by atoms with Gasteiger partial charge in [-0.05, 0) is 43.4 Å². The molecule has 27 heavy (non-hydrogen) atoms. The monoisotopic (exact) mass is 374 g/mol. The smallest absolute Gasteiger partial charge is 0.310 e. The molecule has 1 unspecified atom stereocenters. The van der Waals surface area contributed by atoms with E-state index in [1.807, 2.05) is 6.07 Å². The fourth-order valence-corrected chi connectivity index (χ4v) is 3.58. The third-order valence-corrected chi connectivity index (χ3v) is 5.46. The van der Waals surface area contributed by atoms with Crippen LogP contribution in [0.1, 0.15) is 54.4 Å². The van der Waals surface area contributed by atoms with Crippen LogP contribution in [0.15, 0.2) is 24.3 Å². The van der Waals surface area contributed by atoms with E-state index < -0.39 is 11.4 Å². The van der Waals surface area contributed by atoms with Gasteiger partial charge < -0.3 is 20.5 Å². The number of ether oxygens (including phenoxy) is 1. The molecule has 2 fully saturated rings. The Morgan fingerprint density at radius 2 is 2.00 bits per heavy atom. The molecule has 1 aliphatic heterocycles. The molecule has 7 heteroatoms. The number of rotatable bonds is 8. The number of hydrogen-bond donors (Lipinski definition) is 3. The summed E-state index contributed by atoms with van der Waals surface area (Å²) in [5, 5.41) is 15.0. The largest absolute Gasteiger partial charge is 0.481 e. The molecule has 3 N–H and O–H groups in total. The van der Waals surface area contributed by atoms with Crippen molar-refractivity contribution in [2.24, 2.45) is 5.41 Å². The van der Waals surface area contributed by atoms with Crippen LogP contribution in [0.4, 0.5) is 0 Å². The number of carboxylic acids is 1. The van der Waals surface area contributed by atoms with E-state index in [4.69, 9.17) is 4.74 Å². The van der Waals surface area contributed by atoms with Crippen LogP contribution in [-0.2, 0) is 20.9 Å². The van der Waals surface area contributed by atoms with Crippen LogP contribution >= 0.6 is 0 Å². The second-order valence-corrected chi connectivity index (χ2v) is 7.44. The first kappa shape index (κ1) is 19.4. The van der Waals surface area contributed by atoms with Crippen molar-refractivity contribution in [1.82, 2.24) is 10.6 Å². The highest BCUT2D eigenvalue weighted by atomic mass is 16.5. The molecule has 0 radical (unpaired) electrons. The molecule has 1 aromatic rings. The molecule has 1 aliphatic carbocycles. The number of hydrogen-bond acceptors (Lipinski definition) is 4. The molecule has 0 spiro atoms. The highest BCUT2D eigenvalue weighted by Gasteiger charge is 2.45. The first-order valence-electron chi connectivity index (χ1n) is 9.47. The molecule has 1 saturated carbocycles. The van der Waals surface area contributed by atoms with Gasteiger partial charge in [0.1, 0.15) is 0 Å². The van der Waals surface area contributed by atoms with Crippen molar-refractivity contribution in [3.8, 4) is 0 Å². The molecular weight excluding hydrogens is 348 g/mol. The zero-order valence-corrected chi connectivity index (χ0v) is 15.3. The standard InChI is InChI=1S/C20H26N2O5/c23-17(11-20(19(25)26)7-3-8-20)21-12-14-4-1-5-15(10-14)18(24)22-13-16-6-2-9-27-16/h1,4-5,10,16H,2-3,6-9,11-13H2,(H,21,23)(H,22,24)(H,25,26). The predicted molar refractivity (Wildman–Crippen MR) is 98.1 cm³/mol. The predicted octanol–water partition coefficient (Wildman–Crippen LogP) is 1.86. The molecule has 3 rings (SSSR count). The van der Waals surface area contributed by atoms with Gasteiger partial charge in [0.25, 0.3) is 5.91 Å². The van der Waals surface area contributed by atoms with Gasteiger partial charge in [0.2, 0.25) is 5.91 Å². The van der Waals surface area contributed by atoms with Crippen molar-refractivity contribution in [2.75, 3.05) is 13.2 Å². The summed E-state index contributed by atoms with van der Waals surface area (Å²) in [6, 6.07) is 7.06. The van der Waals surface area contributed by atoms with Crippen LogP contribution in [0.2, 0.25) is 0 Å². The topological polar surface area (TPSA) is 105 Å². The van der Waals surface area contributed by atoms with Crippen molar-refractivity contribution in [3.63, 3.8) is 0 Å². The molecule has 1 heterocycles. The van der Waals surface area contributed by atoms with E-state index in [9.17, 15) is 19.5 Å². The van der Waals surface area contributed by atoms with Crippen LogP contribution in [0.3, 0.4) is 0 Å². The van der Waals surface area contributed by atoms with Gasteiger partial charge in [-0.15, -0.1) is 0 Å². The zero-order chi connectivity index (χ0) is 19.3. The lowest BCUT2D eigenvalue weighted by Gasteiger charge is -2.36. The van der Waals surface area contributed by atoms with E-state index >= 15 is 0 Å². The maximum absolute atomic E-state index is 12.3. The fraction of sp³-hybridized carbons (Fsp3) is 0.550. The van der Waals surface area contributed by atoms with Gasteiger partial charge in [-0.25, -0.2) is 0 Å². The van der Waals surface area contributed by atoms with Crippen molar-refractivity contribution in [2.45, 2.75) is 51.2 Å². The summed E-state index contributed by atoms with van der Waals surface area (Å²) in [6.45, 7) is 1.51. The molecule has 0 aromatic heterocycles. The Labute approximate surface area is 158 Å². The molecule has 1 aromatic carbocycles. The van der Waals surface area contributed by atoms with E-state index in [0.717, 1.165) is 31.4 Å². The van der Waals surface area contributed by atoms with E-state index in [1.54, 1.807) is 18.2 Å². The summed E-state index contributed by atoms with van der Waals surface area (Å²) in [5.41, 5.74) is 0.431. The molecule has 7 nitrogen and oxygen atoms in total. The van der Waals surface area contributed by atoms with Crippen LogP contribution in [-0.4, -0.2) is 42.1 Å². The highest BCUT2D eigenvalue weighted by Crippen LogP contribution is 2.44. The van der Waals surface area contributed by atoms with Gasteiger partial charge in [0.05, 0.1) is 11.5 Å². The third-order valence-electron chi connectivity index (χ3n) is 5.46. The maximum atomic E-state index is 12.3. The van der Waals surface area contributed by atoms with Gasteiger partial charge in [-0.2, -0.15) is 0 Å². The average Bonchev–Trinajstić information content (AvgIpc) is 3.14. The van der Waals surface area contributed by atoms with Crippen LogP contribution in [0.25, 0.3) is 0 Å². The van der Waals surface area contributed by atoms with E-state index in [-0.39, 0.29) is 30.9 Å². The Morgan fingerprint density at radius 1 is 1.19 bits per heavy atom. The Hall–Kier alpha value is -2.41. The van der Waals surface area contributed by atoms with E-state index in [1.165, 1.54) is 0 Å². The summed E-state index contributed by atoms with van der Waals surface area (Å²) in [7, 11) is 0. The lowest BCUT2D eigenvalue weighted by atomic mass is 9.66. The minimum Gasteiger partial charge on any atom is -0.481 e. The molecule has 1 atom stereocenters. The lowest BCUT2D eigenvalue weighted by Crippen LogP contribution is -2.42. The number of nitrogens with one attached hydrogen (secondary N) is 2. The zero-order valence-electron chi connectivity index (χ0n) is 15.3. The van der Waals surface area contributed by atoms with Crippen molar-refractivity contribution < 1.29 is 24.2 Å². The molecule has 1 saturated heterocycles. The highest BCUT2D eigenvalue weighted by molar-refractivity contribution is 5.94. The third kappa shape index (κ3) is 4.86. The minimum atomic E-state index is -0.895.